The van der Waals surface area contributed by atoms with Crippen LogP contribution >= 0.6 is 0 Å². The number of aromatic hydroxyl groups is 2. The van der Waals surface area contributed by atoms with Crippen molar-refractivity contribution in [1.29, 1.82) is 0 Å². The van der Waals surface area contributed by atoms with Crippen LogP contribution in [0.3, 0.4) is 0 Å². The van der Waals surface area contributed by atoms with Crippen molar-refractivity contribution in [2.75, 3.05) is 0 Å². The molecule has 4 N–H and O–H groups in total. The first-order valence-corrected chi connectivity index (χ1v) is 8.28. The molecule has 1 aromatic heterocycles. The van der Waals surface area contributed by atoms with Crippen LogP contribution in [0.2, 0.25) is 0 Å². The van der Waals surface area contributed by atoms with Gasteiger partial charge in [0.1, 0.15) is 5.82 Å². The molecule has 4 rings (SSSR count). The fraction of sp³-hybridized carbons (Fsp3) is 0.0952. The van der Waals surface area contributed by atoms with Crippen molar-refractivity contribution >= 4 is 11.0 Å². The number of benzene rings is 3. The molecular weight excluding hydrogens is 328 g/mol. The van der Waals surface area contributed by atoms with Gasteiger partial charge in [-0.3, -0.25) is 0 Å². The second kappa shape index (κ2) is 6.20. The molecule has 3 aromatic carbocycles. The molecule has 130 valence electrons. The fourth-order valence-corrected chi connectivity index (χ4v) is 3.13. The van der Waals surface area contributed by atoms with Gasteiger partial charge in [0, 0.05) is 11.1 Å². The molecular formula is C21H18N2O3. The summed E-state index contributed by atoms with van der Waals surface area (Å²) in [5.41, 5.74) is 6.21. The predicted molar refractivity (Wildman–Crippen MR) is 101 cm³/mol. The molecule has 0 saturated heterocycles. The Labute approximate surface area is 150 Å². The molecule has 0 unspecified atom stereocenters. The van der Waals surface area contributed by atoms with E-state index in [2.05, 4.69) is 9.97 Å². The Kier molecular flexibility index (Phi) is 3.86. The van der Waals surface area contributed by atoms with E-state index in [1.807, 2.05) is 43.3 Å². The standard InChI is InChI=1S/C21H18N2O3/c1-12-8-16(11-24)20-17(9-12)22-21(23-20)14-4-2-13(3-5-14)15-6-7-18(25)19(26)10-15/h2-10,24-26H,11H2,1H3,(H,22,23). The molecule has 0 amide bonds. The number of phenolic OH excluding ortho intramolecular Hbond substituents is 2. The normalized spacial score (nSPS) is 11.2. The third-order valence-electron chi connectivity index (χ3n) is 4.45. The van der Waals surface area contributed by atoms with E-state index in [1.54, 1.807) is 6.07 Å². The maximum absolute atomic E-state index is 9.66. The minimum Gasteiger partial charge on any atom is -0.504 e. The highest BCUT2D eigenvalue weighted by molar-refractivity contribution is 5.83. The van der Waals surface area contributed by atoms with Gasteiger partial charge in [0.15, 0.2) is 11.5 Å². The van der Waals surface area contributed by atoms with Crippen molar-refractivity contribution in [3.05, 3.63) is 65.7 Å². The molecule has 0 aliphatic carbocycles. The molecule has 26 heavy (non-hydrogen) atoms. The van der Waals surface area contributed by atoms with Gasteiger partial charge in [-0.25, -0.2) is 4.98 Å². The van der Waals surface area contributed by atoms with Gasteiger partial charge < -0.3 is 20.3 Å². The number of aliphatic hydroxyl groups excluding tert-OH is 1. The first-order chi connectivity index (χ1) is 12.5. The van der Waals surface area contributed by atoms with Crippen LogP contribution in [0.25, 0.3) is 33.5 Å². The monoisotopic (exact) mass is 346 g/mol. The Hall–Kier alpha value is -3.31. The average Bonchev–Trinajstić information content (AvgIpc) is 3.07. The number of phenols is 2. The molecule has 4 aromatic rings. The Morgan fingerprint density at radius 3 is 2.23 bits per heavy atom. The maximum atomic E-state index is 9.66. The average molecular weight is 346 g/mol. The van der Waals surface area contributed by atoms with Gasteiger partial charge in [0.2, 0.25) is 0 Å². The highest BCUT2D eigenvalue weighted by atomic mass is 16.3. The molecule has 0 atom stereocenters. The Bertz CT molecular complexity index is 1100. The van der Waals surface area contributed by atoms with Crippen molar-refractivity contribution in [3.63, 3.8) is 0 Å². The summed E-state index contributed by atoms with van der Waals surface area (Å²) in [6.45, 7) is 1.94. The van der Waals surface area contributed by atoms with Crippen LogP contribution in [0.4, 0.5) is 0 Å². The van der Waals surface area contributed by atoms with Gasteiger partial charge in [0.05, 0.1) is 17.6 Å². The lowest BCUT2D eigenvalue weighted by Crippen LogP contribution is -1.87. The highest BCUT2D eigenvalue weighted by Gasteiger charge is 2.10. The number of aromatic amines is 1. The topological polar surface area (TPSA) is 89.4 Å². The van der Waals surface area contributed by atoms with E-state index in [4.69, 9.17) is 0 Å². The summed E-state index contributed by atoms with van der Waals surface area (Å²) in [6.07, 6.45) is 0. The van der Waals surface area contributed by atoms with E-state index in [9.17, 15) is 15.3 Å². The SMILES string of the molecule is Cc1cc(CO)c2nc(-c3ccc(-c4ccc(O)c(O)c4)cc3)[nH]c2c1. The van der Waals surface area contributed by atoms with E-state index in [0.29, 0.717) is 0 Å². The molecule has 0 aliphatic heterocycles. The molecule has 5 heteroatoms. The molecule has 5 nitrogen and oxygen atoms in total. The number of aromatic nitrogens is 2. The predicted octanol–water partition coefficient (Wildman–Crippen LogP) is 4.11. The lowest BCUT2D eigenvalue weighted by molar-refractivity contribution is 0.283. The van der Waals surface area contributed by atoms with Gasteiger partial charge in [-0.1, -0.05) is 36.4 Å². The number of aliphatic hydroxyl groups is 1. The number of hydrogen-bond donors (Lipinski definition) is 4. The largest absolute Gasteiger partial charge is 0.504 e. The van der Waals surface area contributed by atoms with Crippen molar-refractivity contribution in [3.8, 4) is 34.0 Å². The zero-order valence-electron chi connectivity index (χ0n) is 14.2. The summed E-state index contributed by atoms with van der Waals surface area (Å²) in [4.78, 5) is 7.94. The maximum Gasteiger partial charge on any atom is 0.158 e. The number of aryl methyl sites for hydroxylation is 1. The fourth-order valence-electron chi connectivity index (χ4n) is 3.13. The van der Waals surface area contributed by atoms with E-state index < -0.39 is 0 Å². The second-order valence-corrected chi connectivity index (χ2v) is 6.34. The molecule has 0 radical (unpaired) electrons. The lowest BCUT2D eigenvalue weighted by Gasteiger charge is -2.05. The molecule has 1 heterocycles. The number of hydrogen-bond acceptors (Lipinski definition) is 4. The first-order valence-electron chi connectivity index (χ1n) is 8.28. The zero-order valence-corrected chi connectivity index (χ0v) is 14.2. The van der Waals surface area contributed by atoms with Crippen molar-refractivity contribution in [2.24, 2.45) is 0 Å². The molecule has 0 aliphatic rings. The first kappa shape index (κ1) is 16.2. The van der Waals surface area contributed by atoms with Crippen molar-refractivity contribution in [2.45, 2.75) is 13.5 Å². The summed E-state index contributed by atoms with van der Waals surface area (Å²) >= 11 is 0. The second-order valence-electron chi connectivity index (χ2n) is 6.34. The number of imidazole rings is 1. The van der Waals surface area contributed by atoms with Crippen LogP contribution in [0.15, 0.2) is 54.6 Å². The molecule has 0 bridgehead atoms. The van der Waals surface area contributed by atoms with Crippen LogP contribution in [0.1, 0.15) is 11.1 Å². The number of nitrogens with zero attached hydrogens (tertiary/aromatic N) is 1. The number of rotatable bonds is 3. The Morgan fingerprint density at radius 1 is 0.846 bits per heavy atom. The Balaban J connectivity index is 1.72. The third-order valence-corrected chi connectivity index (χ3v) is 4.45. The quantitative estimate of drug-likeness (QED) is 0.420. The molecule has 0 saturated carbocycles. The third kappa shape index (κ3) is 2.78. The van der Waals surface area contributed by atoms with E-state index >= 15 is 0 Å². The van der Waals surface area contributed by atoms with Crippen molar-refractivity contribution in [1.82, 2.24) is 9.97 Å². The van der Waals surface area contributed by atoms with Crippen LogP contribution in [0, 0.1) is 6.92 Å². The molecule has 0 fully saturated rings. The highest BCUT2D eigenvalue weighted by Crippen LogP contribution is 2.32. The minimum absolute atomic E-state index is 0.0498. The number of nitrogens with one attached hydrogen (secondary N) is 1. The summed E-state index contributed by atoms with van der Waals surface area (Å²) in [5.74, 6) is 0.457. The van der Waals surface area contributed by atoms with Crippen LogP contribution in [-0.2, 0) is 6.61 Å². The van der Waals surface area contributed by atoms with Gasteiger partial charge in [0.25, 0.3) is 0 Å². The van der Waals surface area contributed by atoms with Crippen LogP contribution in [0.5, 0.6) is 11.5 Å². The van der Waals surface area contributed by atoms with Gasteiger partial charge in [-0.2, -0.15) is 0 Å². The van der Waals surface area contributed by atoms with E-state index in [0.717, 1.165) is 44.7 Å². The van der Waals surface area contributed by atoms with Crippen LogP contribution in [-0.4, -0.2) is 25.3 Å². The smallest absolute Gasteiger partial charge is 0.158 e. The summed E-state index contributed by atoms with van der Waals surface area (Å²) < 4.78 is 0. The van der Waals surface area contributed by atoms with E-state index in [1.165, 1.54) is 12.1 Å². The Morgan fingerprint density at radius 2 is 1.54 bits per heavy atom. The van der Waals surface area contributed by atoms with Crippen molar-refractivity contribution < 1.29 is 15.3 Å². The zero-order chi connectivity index (χ0) is 18.3. The van der Waals surface area contributed by atoms with Gasteiger partial charge in [-0.05, 0) is 41.8 Å². The number of H-pyrrole nitrogens is 1. The molecule has 0 spiro atoms. The van der Waals surface area contributed by atoms with Gasteiger partial charge in [-0.15, -0.1) is 0 Å². The van der Waals surface area contributed by atoms with Gasteiger partial charge >= 0.3 is 0 Å². The lowest BCUT2D eigenvalue weighted by atomic mass is 10.0. The number of fused-ring (bicyclic) bond motifs is 1. The summed E-state index contributed by atoms with van der Waals surface area (Å²) in [7, 11) is 0. The minimum atomic E-state index is -0.143. The van der Waals surface area contributed by atoms with Crippen LogP contribution < -0.4 is 0 Å². The summed E-state index contributed by atoms with van der Waals surface area (Å²) in [5, 5.41) is 28.6. The van der Waals surface area contributed by atoms with E-state index in [-0.39, 0.29) is 18.1 Å². The summed E-state index contributed by atoms with van der Waals surface area (Å²) in [6, 6.07) is 16.5.